The maximum Gasteiger partial charge on any atom is 0.237 e. The summed E-state index contributed by atoms with van der Waals surface area (Å²) in [7, 11) is 0. The number of amides is 1. The minimum Gasteiger partial charge on any atom is -0.326 e. The first-order valence-electron chi connectivity index (χ1n) is 9.14. The van der Waals surface area contributed by atoms with Crippen molar-refractivity contribution >= 4 is 5.91 Å². The van der Waals surface area contributed by atoms with E-state index in [0.717, 1.165) is 32.2 Å². The Kier molecular flexibility index (Phi) is 4.83. The monoisotopic (exact) mass is 344 g/mol. The fourth-order valence-electron chi connectivity index (χ4n) is 4.36. The second kappa shape index (κ2) is 6.75. The van der Waals surface area contributed by atoms with Gasteiger partial charge in [0.25, 0.3) is 0 Å². The molecule has 1 aromatic rings. The Morgan fingerprint density at radius 3 is 2.88 bits per heavy atom. The maximum atomic E-state index is 12.6. The first-order chi connectivity index (χ1) is 11.9. The largest absolute Gasteiger partial charge is 0.326 e. The molecule has 136 valence electrons. The van der Waals surface area contributed by atoms with Crippen LogP contribution in [0, 0.1) is 22.7 Å². The minimum absolute atomic E-state index is 0.0267. The molecule has 2 fully saturated rings. The summed E-state index contributed by atoms with van der Waals surface area (Å²) < 4.78 is 1.89. The summed E-state index contributed by atoms with van der Waals surface area (Å²) in [5, 5.41) is 16.9. The van der Waals surface area contributed by atoms with E-state index in [1.54, 1.807) is 17.6 Å². The molecule has 0 aromatic carbocycles. The topological polar surface area (TPSA) is 86.8 Å². The number of hydrogen-bond donors (Lipinski definition) is 1. The average Bonchev–Trinajstić information content (AvgIpc) is 3.30. The number of carbonyl (C=O) groups is 1. The molecule has 25 heavy (non-hydrogen) atoms. The second-order valence-corrected chi connectivity index (χ2v) is 8.13. The van der Waals surface area contributed by atoms with Gasteiger partial charge in [0.1, 0.15) is 18.7 Å². The zero-order valence-electron chi connectivity index (χ0n) is 15.4. The molecular formula is C18H28N6O. The predicted octanol–water partition coefficient (Wildman–Crippen LogP) is 1.58. The zero-order chi connectivity index (χ0) is 18.1. The highest BCUT2D eigenvalue weighted by Gasteiger charge is 2.51. The fourth-order valence-corrected chi connectivity index (χ4v) is 4.36. The van der Waals surface area contributed by atoms with Crippen LogP contribution in [-0.2, 0) is 11.3 Å². The third kappa shape index (κ3) is 3.28. The summed E-state index contributed by atoms with van der Waals surface area (Å²) >= 11 is 0. The summed E-state index contributed by atoms with van der Waals surface area (Å²) in [6, 6.07) is 1.99. The average molecular weight is 344 g/mol. The van der Waals surface area contributed by atoms with E-state index < -0.39 is 0 Å². The van der Waals surface area contributed by atoms with Crippen molar-refractivity contribution in [1.82, 2.24) is 25.0 Å². The first kappa shape index (κ1) is 17.9. The Morgan fingerprint density at radius 2 is 2.20 bits per heavy atom. The number of hydrogen-bond acceptors (Lipinski definition) is 5. The lowest BCUT2D eigenvalue weighted by Crippen LogP contribution is -2.55. The summed E-state index contributed by atoms with van der Waals surface area (Å²) in [4.78, 5) is 18.3. The van der Waals surface area contributed by atoms with Crippen molar-refractivity contribution in [2.75, 3.05) is 13.1 Å². The molecule has 7 heteroatoms. The van der Waals surface area contributed by atoms with Crippen molar-refractivity contribution in [3.05, 3.63) is 12.7 Å². The van der Waals surface area contributed by atoms with Crippen LogP contribution >= 0.6 is 0 Å². The van der Waals surface area contributed by atoms with Crippen molar-refractivity contribution in [2.24, 2.45) is 11.3 Å². The van der Waals surface area contributed by atoms with Crippen molar-refractivity contribution < 1.29 is 4.79 Å². The molecule has 1 amide bonds. The van der Waals surface area contributed by atoms with Gasteiger partial charge in [-0.2, -0.15) is 10.4 Å². The van der Waals surface area contributed by atoms with E-state index in [1.807, 2.05) is 4.68 Å². The number of nitrogens with zero attached hydrogens (tertiary/aromatic N) is 5. The minimum atomic E-state index is -0.251. The molecular weight excluding hydrogens is 316 g/mol. The van der Waals surface area contributed by atoms with Gasteiger partial charge in [-0.15, -0.1) is 0 Å². The fraction of sp³-hybridized carbons (Fsp3) is 0.778. The van der Waals surface area contributed by atoms with Crippen LogP contribution in [0.5, 0.6) is 0 Å². The summed E-state index contributed by atoms with van der Waals surface area (Å²) in [6.45, 7) is 8.61. The Bertz CT molecular complexity index is 649. The van der Waals surface area contributed by atoms with Gasteiger partial charge < -0.3 is 10.2 Å². The van der Waals surface area contributed by atoms with Crippen molar-refractivity contribution in [1.29, 1.82) is 5.26 Å². The lowest BCUT2D eigenvalue weighted by Gasteiger charge is -2.42. The van der Waals surface area contributed by atoms with E-state index >= 15 is 0 Å². The maximum absolute atomic E-state index is 12.6. The van der Waals surface area contributed by atoms with Gasteiger partial charge in [-0.3, -0.25) is 9.48 Å². The highest BCUT2D eigenvalue weighted by atomic mass is 16.2. The highest BCUT2D eigenvalue weighted by molar-refractivity contribution is 5.79. The zero-order valence-corrected chi connectivity index (χ0v) is 15.4. The van der Waals surface area contributed by atoms with E-state index in [1.165, 1.54) is 0 Å². The number of nitriles is 1. The molecule has 0 spiro atoms. The highest BCUT2D eigenvalue weighted by Crippen LogP contribution is 2.50. The van der Waals surface area contributed by atoms with Gasteiger partial charge in [-0.25, -0.2) is 4.98 Å². The van der Waals surface area contributed by atoms with Crippen LogP contribution < -0.4 is 5.32 Å². The third-order valence-corrected chi connectivity index (χ3v) is 6.66. The molecule has 1 saturated heterocycles. The van der Waals surface area contributed by atoms with E-state index in [4.69, 9.17) is 0 Å². The standard InChI is InChI=1S/C18H28N6O/c1-17(2)14(11-23-13-20-12-22-23)6-7-18(17,3)21-10-16(25)24-8-4-5-15(24)9-19/h12-15,21H,4-8,10-11H2,1-3H3/t14-,15-,18-/m0/s1. The van der Waals surface area contributed by atoms with Gasteiger partial charge >= 0.3 is 0 Å². The van der Waals surface area contributed by atoms with E-state index in [9.17, 15) is 10.1 Å². The Hall–Kier alpha value is -1.94. The van der Waals surface area contributed by atoms with E-state index in [2.05, 4.69) is 42.2 Å². The normalized spacial score (nSPS) is 31.2. The second-order valence-electron chi connectivity index (χ2n) is 8.13. The molecule has 3 rings (SSSR count). The molecule has 0 radical (unpaired) electrons. The van der Waals surface area contributed by atoms with Crippen molar-refractivity contribution in [3.8, 4) is 6.07 Å². The summed E-state index contributed by atoms with van der Waals surface area (Å²) in [5.41, 5.74) is -0.0886. The summed E-state index contributed by atoms with van der Waals surface area (Å²) in [5.74, 6) is 0.515. The van der Waals surface area contributed by atoms with Gasteiger partial charge in [0.15, 0.2) is 0 Å². The van der Waals surface area contributed by atoms with Crippen LogP contribution in [0.25, 0.3) is 0 Å². The van der Waals surface area contributed by atoms with Gasteiger partial charge in [0.05, 0.1) is 12.6 Å². The van der Waals surface area contributed by atoms with E-state index in [-0.39, 0.29) is 22.9 Å². The Morgan fingerprint density at radius 1 is 1.40 bits per heavy atom. The Labute approximate surface area is 149 Å². The number of nitrogens with one attached hydrogen (secondary N) is 1. The predicted molar refractivity (Wildman–Crippen MR) is 93.3 cm³/mol. The Balaban J connectivity index is 1.61. The van der Waals surface area contributed by atoms with E-state index in [0.29, 0.717) is 19.0 Å². The number of carbonyl (C=O) groups excluding carboxylic acids is 1. The molecule has 1 saturated carbocycles. The molecule has 0 unspecified atom stereocenters. The first-order valence-corrected chi connectivity index (χ1v) is 9.14. The SMILES string of the molecule is CC1(C)[C@H](Cn2cncn2)CC[C@]1(C)NCC(=O)N1CCC[C@H]1C#N. The van der Waals surface area contributed by atoms with Crippen LogP contribution in [0.2, 0.25) is 0 Å². The molecule has 1 aromatic heterocycles. The van der Waals surface area contributed by atoms with Gasteiger partial charge in [0, 0.05) is 18.6 Å². The third-order valence-electron chi connectivity index (χ3n) is 6.66. The molecule has 1 aliphatic carbocycles. The van der Waals surface area contributed by atoms with Crippen LogP contribution in [0.1, 0.15) is 46.5 Å². The van der Waals surface area contributed by atoms with Crippen molar-refractivity contribution in [2.45, 2.75) is 64.6 Å². The van der Waals surface area contributed by atoms with Crippen LogP contribution in [0.4, 0.5) is 0 Å². The number of likely N-dealkylation sites (tertiary alicyclic amines) is 1. The lowest BCUT2D eigenvalue weighted by atomic mass is 9.71. The molecule has 1 aliphatic heterocycles. The van der Waals surface area contributed by atoms with Gasteiger partial charge in [-0.05, 0) is 43.9 Å². The number of rotatable bonds is 5. The number of aromatic nitrogens is 3. The smallest absolute Gasteiger partial charge is 0.237 e. The molecule has 7 nitrogen and oxygen atoms in total. The molecule has 1 N–H and O–H groups in total. The molecule has 2 aliphatic rings. The molecule has 2 heterocycles. The summed E-state index contributed by atoms with van der Waals surface area (Å²) in [6.07, 6.45) is 7.17. The van der Waals surface area contributed by atoms with Crippen LogP contribution in [-0.4, -0.2) is 50.2 Å². The van der Waals surface area contributed by atoms with Gasteiger partial charge in [0.2, 0.25) is 5.91 Å². The molecule has 3 atom stereocenters. The van der Waals surface area contributed by atoms with Crippen LogP contribution in [0.3, 0.4) is 0 Å². The van der Waals surface area contributed by atoms with Crippen LogP contribution in [0.15, 0.2) is 12.7 Å². The lowest BCUT2D eigenvalue weighted by molar-refractivity contribution is -0.130. The quantitative estimate of drug-likeness (QED) is 0.876. The molecule has 0 bridgehead atoms. The van der Waals surface area contributed by atoms with Gasteiger partial charge in [-0.1, -0.05) is 13.8 Å². The van der Waals surface area contributed by atoms with Crippen molar-refractivity contribution in [3.63, 3.8) is 0 Å².